The molecule has 1 aliphatic heterocycles. The molecule has 0 spiro atoms. The van der Waals surface area contributed by atoms with Crippen LogP contribution in [0.4, 0.5) is 23.4 Å². The molecule has 4 rings (SSSR count). The number of anilines is 1. The second-order valence-corrected chi connectivity index (χ2v) is 8.06. The fourth-order valence-electron chi connectivity index (χ4n) is 4.00. The van der Waals surface area contributed by atoms with Crippen molar-refractivity contribution < 1.29 is 27.5 Å². The number of rotatable bonds is 4. The third kappa shape index (κ3) is 4.52. The average molecular weight is 451 g/mol. The van der Waals surface area contributed by atoms with E-state index in [1.165, 1.54) is 42.3 Å². The minimum Gasteiger partial charge on any atom is -0.386 e. The predicted octanol–water partition coefficient (Wildman–Crippen LogP) is 3.22. The third-order valence-corrected chi connectivity index (χ3v) is 5.47. The zero-order valence-corrected chi connectivity index (χ0v) is 17.2. The molecule has 1 fully saturated rings. The van der Waals surface area contributed by atoms with Gasteiger partial charge in [0.05, 0.1) is 29.4 Å². The molecule has 3 heterocycles. The van der Waals surface area contributed by atoms with Gasteiger partial charge in [0.15, 0.2) is 0 Å². The van der Waals surface area contributed by atoms with E-state index in [4.69, 9.17) is 0 Å². The van der Waals surface area contributed by atoms with Crippen LogP contribution in [-0.4, -0.2) is 63.1 Å². The van der Waals surface area contributed by atoms with E-state index >= 15 is 0 Å². The number of benzene rings is 1. The molecule has 0 saturated carbocycles. The number of halogens is 4. The fraction of sp³-hybridized carbons (Fsp3) is 0.381. The molecule has 0 unspecified atom stereocenters. The number of β-amino-alcohol motifs (C(OH)–C–C–N with tert-alkyl or cyclic N) is 1. The van der Waals surface area contributed by atoms with E-state index in [2.05, 4.69) is 15.0 Å². The number of nitrogens with one attached hydrogen (secondary N) is 1. The number of aromatic amines is 1. The first-order valence-corrected chi connectivity index (χ1v) is 9.95. The summed E-state index contributed by atoms with van der Waals surface area (Å²) in [7, 11) is 1.52. The number of hydrogen-bond donors (Lipinski definition) is 2. The zero-order chi connectivity index (χ0) is 23.1. The van der Waals surface area contributed by atoms with E-state index in [1.807, 2.05) is 4.90 Å². The van der Waals surface area contributed by atoms with Gasteiger partial charge >= 0.3 is 6.18 Å². The molecule has 1 aromatic carbocycles. The van der Waals surface area contributed by atoms with Crippen molar-refractivity contribution in [3.8, 4) is 0 Å². The van der Waals surface area contributed by atoms with Crippen LogP contribution in [0, 0.1) is 5.82 Å². The number of nitrogens with zero attached hydrogens (tertiary/aromatic N) is 4. The van der Waals surface area contributed by atoms with Crippen molar-refractivity contribution in [2.45, 2.75) is 24.6 Å². The Morgan fingerprint density at radius 2 is 2.09 bits per heavy atom. The summed E-state index contributed by atoms with van der Waals surface area (Å²) >= 11 is 0. The number of aliphatic hydroxyl groups is 1. The van der Waals surface area contributed by atoms with Gasteiger partial charge in [-0.05, 0) is 43.2 Å². The Morgan fingerprint density at radius 3 is 2.78 bits per heavy atom. The number of aromatic nitrogens is 3. The quantitative estimate of drug-likeness (QED) is 0.595. The molecule has 1 atom stereocenters. The first kappa shape index (κ1) is 22.0. The van der Waals surface area contributed by atoms with Crippen LogP contribution in [0.2, 0.25) is 0 Å². The summed E-state index contributed by atoms with van der Waals surface area (Å²) < 4.78 is 51.7. The minimum atomic E-state index is -4.62. The molecule has 0 radical (unpaired) electrons. The molecular formula is C21H21F4N5O2. The number of H-pyrrole nitrogens is 1. The van der Waals surface area contributed by atoms with Crippen LogP contribution >= 0.6 is 0 Å². The number of alkyl halides is 3. The predicted molar refractivity (Wildman–Crippen MR) is 109 cm³/mol. The average Bonchev–Trinajstić information content (AvgIpc) is 3.17. The number of pyridine rings is 1. The minimum absolute atomic E-state index is 0.0122. The number of amides is 1. The smallest absolute Gasteiger partial charge is 0.386 e. The first-order valence-electron chi connectivity index (χ1n) is 9.95. The Morgan fingerprint density at radius 1 is 1.31 bits per heavy atom. The highest BCUT2D eigenvalue weighted by atomic mass is 19.4. The second kappa shape index (κ2) is 8.05. The maximum atomic E-state index is 13.1. The van der Waals surface area contributed by atoms with E-state index in [0.29, 0.717) is 25.2 Å². The molecule has 1 amide bonds. The Balaban J connectivity index is 1.48. The Bertz CT molecular complexity index is 1130. The van der Waals surface area contributed by atoms with Crippen LogP contribution in [0.1, 0.15) is 29.0 Å². The Hall–Kier alpha value is -3.21. The number of carbonyl (C=O) groups excluding carboxylic acids is 1. The standard InChI is InChI=1S/C21H21F4N5O2/c1-29(11-20(32)7-2-8-30(12-20)17-6-4-14(22)10-26-17)18(31)13-3-5-15-16(9-13)28-19(27-15)21(23,24)25/h3-6,9-10,32H,2,7-8,11-12H2,1H3,(H,27,28)/t20-/m0/s1. The van der Waals surface area contributed by atoms with Crippen molar-refractivity contribution in [1.29, 1.82) is 0 Å². The van der Waals surface area contributed by atoms with Crippen LogP contribution < -0.4 is 4.90 Å². The zero-order valence-electron chi connectivity index (χ0n) is 17.2. The normalized spacial score (nSPS) is 19.4. The van der Waals surface area contributed by atoms with Gasteiger partial charge in [0.25, 0.3) is 5.91 Å². The lowest BCUT2D eigenvalue weighted by Gasteiger charge is -2.41. The lowest BCUT2D eigenvalue weighted by molar-refractivity contribution is -0.144. The highest BCUT2D eigenvalue weighted by Gasteiger charge is 2.37. The number of fused-ring (bicyclic) bond motifs is 1. The van der Waals surface area contributed by atoms with Gasteiger partial charge in [0.2, 0.25) is 5.82 Å². The summed E-state index contributed by atoms with van der Waals surface area (Å²) in [5.41, 5.74) is -0.847. The first-order chi connectivity index (χ1) is 15.0. The topological polar surface area (TPSA) is 85.3 Å². The molecule has 11 heteroatoms. The second-order valence-electron chi connectivity index (χ2n) is 8.06. The molecular weight excluding hydrogens is 430 g/mol. The molecule has 2 aromatic heterocycles. The summed E-state index contributed by atoms with van der Waals surface area (Å²) in [4.78, 5) is 25.8. The summed E-state index contributed by atoms with van der Waals surface area (Å²) in [6.45, 7) is 0.854. The van der Waals surface area contributed by atoms with Crippen molar-refractivity contribution in [3.63, 3.8) is 0 Å². The van der Waals surface area contributed by atoms with Crippen molar-refractivity contribution in [1.82, 2.24) is 19.9 Å². The Labute approximate surface area is 180 Å². The maximum absolute atomic E-state index is 13.1. The molecule has 170 valence electrons. The van der Waals surface area contributed by atoms with E-state index in [-0.39, 0.29) is 29.7 Å². The number of likely N-dealkylation sites (N-methyl/N-ethyl adjacent to an activating group) is 1. The van der Waals surface area contributed by atoms with Crippen molar-refractivity contribution >= 4 is 22.8 Å². The molecule has 3 aromatic rings. The molecule has 0 aliphatic carbocycles. The van der Waals surface area contributed by atoms with E-state index < -0.39 is 29.3 Å². The van der Waals surface area contributed by atoms with Crippen molar-refractivity contribution in [2.24, 2.45) is 0 Å². The molecule has 32 heavy (non-hydrogen) atoms. The van der Waals surface area contributed by atoms with E-state index in [1.54, 1.807) is 0 Å². The largest absolute Gasteiger partial charge is 0.449 e. The SMILES string of the molecule is CN(C[C@@]1(O)CCCN(c2ccc(F)cn2)C1)C(=O)c1ccc2nc(C(F)(F)F)[nH]c2c1. The summed E-state index contributed by atoms with van der Waals surface area (Å²) in [5.74, 6) is -1.50. The van der Waals surface area contributed by atoms with Crippen LogP contribution in [0.25, 0.3) is 11.0 Å². The van der Waals surface area contributed by atoms with Crippen LogP contribution in [0.15, 0.2) is 36.5 Å². The lowest BCUT2D eigenvalue weighted by atomic mass is 9.92. The number of imidazole rings is 1. The van der Waals surface area contributed by atoms with E-state index in [9.17, 15) is 27.5 Å². The summed E-state index contributed by atoms with van der Waals surface area (Å²) in [5, 5.41) is 11.1. The van der Waals surface area contributed by atoms with Crippen molar-refractivity contribution in [3.05, 3.63) is 53.7 Å². The summed E-state index contributed by atoms with van der Waals surface area (Å²) in [6, 6.07) is 6.89. The third-order valence-electron chi connectivity index (χ3n) is 5.47. The highest BCUT2D eigenvalue weighted by Crippen LogP contribution is 2.29. The lowest BCUT2D eigenvalue weighted by Crippen LogP contribution is -2.54. The van der Waals surface area contributed by atoms with Gasteiger partial charge in [0, 0.05) is 25.7 Å². The molecule has 2 N–H and O–H groups in total. The number of carbonyl (C=O) groups is 1. The molecule has 7 nitrogen and oxygen atoms in total. The van der Waals surface area contributed by atoms with Gasteiger partial charge in [-0.3, -0.25) is 4.79 Å². The van der Waals surface area contributed by atoms with E-state index in [0.717, 1.165) is 6.20 Å². The summed E-state index contributed by atoms with van der Waals surface area (Å²) in [6.07, 6.45) is -2.40. The van der Waals surface area contributed by atoms with Crippen LogP contribution in [-0.2, 0) is 6.18 Å². The molecule has 0 bridgehead atoms. The van der Waals surface area contributed by atoms with Gasteiger partial charge in [0.1, 0.15) is 11.6 Å². The highest BCUT2D eigenvalue weighted by molar-refractivity contribution is 5.97. The maximum Gasteiger partial charge on any atom is 0.449 e. The molecule has 1 aliphatic rings. The Kier molecular flexibility index (Phi) is 5.53. The van der Waals surface area contributed by atoms with Crippen molar-refractivity contribution in [2.75, 3.05) is 31.6 Å². The van der Waals surface area contributed by atoms with Gasteiger partial charge in [-0.2, -0.15) is 13.2 Å². The van der Waals surface area contributed by atoms with Crippen LogP contribution in [0.3, 0.4) is 0 Å². The van der Waals surface area contributed by atoms with Gasteiger partial charge in [-0.15, -0.1) is 0 Å². The van der Waals surface area contributed by atoms with Crippen LogP contribution in [0.5, 0.6) is 0 Å². The number of hydrogen-bond acceptors (Lipinski definition) is 5. The fourth-order valence-corrected chi connectivity index (χ4v) is 4.00. The molecule has 1 saturated heterocycles. The van der Waals surface area contributed by atoms with Gasteiger partial charge < -0.3 is 19.9 Å². The van der Waals surface area contributed by atoms with Gasteiger partial charge in [-0.1, -0.05) is 0 Å². The van der Waals surface area contributed by atoms with Gasteiger partial charge in [-0.25, -0.2) is 14.4 Å². The number of piperidine rings is 1. The monoisotopic (exact) mass is 451 g/mol.